The average molecular weight is 252 g/mol. The largest absolute Gasteiger partial charge is 0.355 e. The highest BCUT2D eigenvalue weighted by Gasteiger charge is 2.44. The number of hydrogen-bond donors (Lipinski definition) is 2. The highest BCUT2D eigenvalue weighted by molar-refractivity contribution is 5.83. The molecule has 2 fully saturated rings. The lowest BCUT2D eigenvalue weighted by molar-refractivity contribution is -0.132. The van der Waals surface area contributed by atoms with Crippen molar-refractivity contribution in [3.63, 3.8) is 0 Å². The van der Waals surface area contributed by atoms with Gasteiger partial charge in [-0.3, -0.25) is 4.79 Å². The molecule has 1 aliphatic carbocycles. The van der Waals surface area contributed by atoms with Crippen LogP contribution < -0.4 is 10.6 Å². The van der Waals surface area contributed by atoms with Crippen molar-refractivity contribution in [3.05, 3.63) is 0 Å². The first-order valence-corrected chi connectivity index (χ1v) is 7.65. The quantitative estimate of drug-likeness (QED) is 0.762. The van der Waals surface area contributed by atoms with Crippen molar-refractivity contribution in [2.24, 2.45) is 10.8 Å². The number of amides is 1. The van der Waals surface area contributed by atoms with Crippen molar-refractivity contribution in [3.8, 4) is 0 Å². The summed E-state index contributed by atoms with van der Waals surface area (Å²) in [6, 6.07) is 0. The van der Waals surface area contributed by atoms with E-state index in [1.165, 1.54) is 25.7 Å². The van der Waals surface area contributed by atoms with Crippen LogP contribution in [0.5, 0.6) is 0 Å². The molecule has 0 radical (unpaired) electrons. The van der Waals surface area contributed by atoms with Crippen LogP contribution in [0, 0.1) is 10.8 Å². The Morgan fingerprint density at radius 3 is 2.56 bits per heavy atom. The summed E-state index contributed by atoms with van der Waals surface area (Å²) in [6.45, 7) is 7.21. The minimum atomic E-state index is -0.138. The van der Waals surface area contributed by atoms with Gasteiger partial charge in [0.15, 0.2) is 0 Å². The molecule has 1 aliphatic heterocycles. The summed E-state index contributed by atoms with van der Waals surface area (Å²) in [5.74, 6) is 0.291. The maximum Gasteiger partial charge on any atom is 0.227 e. The second-order valence-electron chi connectivity index (χ2n) is 6.35. The average Bonchev–Trinajstić information content (AvgIpc) is 3.17. The van der Waals surface area contributed by atoms with Crippen LogP contribution in [-0.2, 0) is 4.79 Å². The van der Waals surface area contributed by atoms with E-state index in [4.69, 9.17) is 0 Å². The van der Waals surface area contributed by atoms with Gasteiger partial charge in [-0.15, -0.1) is 0 Å². The lowest BCUT2D eigenvalue weighted by Gasteiger charge is -2.36. The Labute approximate surface area is 111 Å². The van der Waals surface area contributed by atoms with Crippen LogP contribution in [0.15, 0.2) is 0 Å². The lowest BCUT2D eigenvalue weighted by atomic mass is 9.77. The smallest absolute Gasteiger partial charge is 0.227 e. The van der Waals surface area contributed by atoms with Gasteiger partial charge < -0.3 is 10.6 Å². The van der Waals surface area contributed by atoms with E-state index in [1.54, 1.807) is 0 Å². The zero-order valence-electron chi connectivity index (χ0n) is 12.0. The molecular weight excluding hydrogens is 224 g/mol. The van der Waals surface area contributed by atoms with Gasteiger partial charge in [-0.2, -0.15) is 0 Å². The van der Waals surface area contributed by atoms with Crippen LogP contribution in [-0.4, -0.2) is 25.5 Å². The number of carbonyl (C=O) groups is 1. The third kappa shape index (κ3) is 2.87. The fourth-order valence-corrected chi connectivity index (χ4v) is 3.30. The molecule has 0 aromatic carbocycles. The van der Waals surface area contributed by atoms with E-state index in [1.807, 2.05) is 0 Å². The summed E-state index contributed by atoms with van der Waals surface area (Å²) >= 11 is 0. The molecule has 1 saturated heterocycles. The maximum atomic E-state index is 12.5. The molecule has 1 atom stereocenters. The standard InChI is InChI=1S/C15H28N2O/c1-3-6-14(8-9-14)11-17-13(18)15(4-2)7-5-10-16-12-15/h16H,3-12H2,1-2H3,(H,17,18). The molecule has 0 aromatic rings. The van der Waals surface area contributed by atoms with E-state index in [9.17, 15) is 4.79 Å². The minimum absolute atomic E-state index is 0.138. The number of rotatable bonds is 6. The van der Waals surface area contributed by atoms with Crippen LogP contribution >= 0.6 is 0 Å². The highest BCUT2D eigenvalue weighted by atomic mass is 16.2. The molecule has 0 bridgehead atoms. The fourth-order valence-electron chi connectivity index (χ4n) is 3.30. The first-order chi connectivity index (χ1) is 8.66. The minimum Gasteiger partial charge on any atom is -0.355 e. The summed E-state index contributed by atoms with van der Waals surface area (Å²) in [4.78, 5) is 12.5. The fraction of sp³-hybridized carbons (Fsp3) is 0.933. The molecule has 0 aromatic heterocycles. The Bertz CT molecular complexity index is 291. The Morgan fingerprint density at radius 1 is 1.28 bits per heavy atom. The third-order valence-electron chi connectivity index (χ3n) is 4.99. The van der Waals surface area contributed by atoms with Crippen LogP contribution in [0.2, 0.25) is 0 Å². The molecule has 3 nitrogen and oxygen atoms in total. The molecule has 2 N–H and O–H groups in total. The van der Waals surface area contributed by atoms with Crippen molar-refractivity contribution in [1.29, 1.82) is 0 Å². The second-order valence-corrected chi connectivity index (χ2v) is 6.35. The molecule has 1 unspecified atom stereocenters. The van der Waals surface area contributed by atoms with Crippen LogP contribution in [0.25, 0.3) is 0 Å². The van der Waals surface area contributed by atoms with Gasteiger partial charge in [-0.25, -0.2) is 0 Å². The first-order valence-electron chi connectivity index (χ1n) is 7.65. The Hall–Kier alpha value is -0.570. The molecule has 0 spiro atoms. The van der Waals surface area contributed by atoms with Gasteiger partial charge in [0.1, 0.15) is 0 Å². The zero-order valence-corrected chi connectivity index (χ0v) is 12.0. The first kappa shape index (κ1) is 13.9. The van der Waals surface area contributed by atoms with Gasteiger partial charge in [0.25, 0.3) is 0 Å². The molecule has 1 saturated carbocycles. The lowest BCUT2D eigenvalue weighted by Crippen LogP contribution is -2.51. The van der Waals surface area contributed by atoms with Gasteiger partial charge in [0, 0.05) is 13.1 Å². The molecule has 104 valence electrons. The predicted molar refractivity (Wildman–Crippen MR) is 74.4 cm³/mol. The molecule has 18 heavy (non-hydrogen) atoms. The third-order valence-corrected chi connectivity index (χ3v) is 4.99. The SMILES string of the molecule is CCCC1(CNC(=O)C2(CC)CCCNC2)CC1. The normalized spacial score (nSPS) is 29.9. The van der Waals surface area contributed by atoms with Crippen molar-refractivity contribution in [2.45, 2.75) is 58.8 Å². The number of nitrogens with one attached hydrogen (secondary N) is 2. The summed E-state index contributed by atoms with van der Waals surface area (Å²) in [5, 5.41) is 6.64. The molecule has 2 rings (SSSR count). The maximum absolute atomic E-state index is 12.5. The van der Waals surface area contributed by atoms with Crippen LogP contribution in [0.1, 0.15) is 58.8 Å². The number of piperidine rings is 1. The highest BCUT2D eigenvalue weighted by Crippen LogP contribution is 2.49. The number of hydrogen-bond acceptors (Lipinski definition) is 2. The summed E-state index contributed by atoms with van der Waals surface area (Å²) in [6.07, 6.45) is 8.23. The van der Waals surface area contributed by atoms with E-state index in [2.05, 4.69) is 24.5 Å². The molecule has 2 aliphatic rings. The summed E-state index contributed by atoms with van der Waals surface area (Å²) < 4.78 is 0. The van der Waals surface area contributed by atoms with Crippen molar-refractivity contribution in [1.82, 2.24) is 10.6 Å². The summed E-state index contributed by atoms with van der Waals surface area (Å²) in [7, 11) is 0. The Kier molecular flexibility index (Phi) is 4.31. The van der Waals surface area contributed by atoms with Gasteiger partial charge in [0.2, 0.25) is 5.91 Å². The van der Waals surface area contributed by atoms with Gasteiger partial charge in [0.05, 0.1) is 5.41 Å². The van der Waals surface area contributed by atoms with Crippen molar-refractivity contribution in [2.75, 3.05) is 19.6 Å². The van der Waals surface area contributed by atoms with E-state index >= 15 is 0 Å². The molecular formula is C15H28N2O. The topological polar surface area (TPSA) is 41.1 Å². The predicted octanol–water partition coefficient (Wildman–Crippen LogP) is 2.46. The molecule has 1 amide bonds. The van der Waals surface area contributed by atoms with Gasteiger partial charge in [-0.05, 0) is 50.5 Å². The van der Waals surface area contributed by atoms with Crippen molar-refractivity contribution < 1.29 is 4.79 Å². The molecule has 1 heterocycles. The van der Waals surface area contributed by atoms with Crippen LogP contribution in [0.4, 0.5) is 0 Å². The van der Waals surface area contributed by atoms with E-state index < -0.39 is 0 Å². The van der Waals surface area contributed by atoms with Crippen LogP contribution in [0.3, 0.4) is 0 Å². The summed E-state index contributed by atoms with van der Waals surface area (Å²) in [5.41, 5.74) is 0.321. The Balaban J connectivity index is 1.86. The van der Waals surface area contributed by atoms with Crippen molar-refractivity contribution >= 4 is 5.91 Å². The van der Waals surface area contributed by atoms with E-state index in [0.29, 0.717) is 11.3 Å². The molecule has 3 heteroatoms. The Morgan fingerprint density at radius 2 is 2.06 bits per heavy atom. The van der Waals surface area contributed by atoms with E-state index in [-0.39, 0.29) is 5.41 Å². The van der Waals surface area contributed by atoms with Gasteiger partial charge >= 0.3 is 0 Å². The number of carbonyl (C=O) groups excluding carboxylic acids is 1. The van der Waals surface area contributed by atoms with E-state index in [0.717, 1.165) is 38.9 Å². The second kappa shape index (κ2) is 5.60. The van der Waals surface area contributed by atoms with Gasteiger partial charge in [-0.1, -0.05) is 20.3 Å². The monoisotopic (exact) mass is 252 g/mol. The zero-order chi connectivity index (χ0) is 13.1.